The summed E-state index contributed by atoms with van der Waals surface area (Å²) >= 11 is 0. The van der Waals surface area contributed by atoms with Crippen LogP contribution < -0.4 is 0 Å². The first-order valence-corrected chi connectivity index (χ1v) is 8.48. The van der Waals surface area contributed by atoms with Crippen LogP contribution in [0.15, 0.2) is 30.3 Å². The minimum absolute atomic E-state index is 0.0674. The van der Waals surface area contributed by atoms with E-state index in [0.717, 1.165) is 5.69 Å². The average Bonchev–Trinajstić information content (AvgIpc) is 2.91. The van der Waals surface area contributed by atoms with E-state index in [1.165, 1.54) is 0 Å². The van der Waals surface area contributed by atoms with Gasteiger partial charge in [-0.05, 0) is 39.8 Å². The third-order valence-electron chi connectivity index (χ3n) is 4.58. The van der Waals surface area contributed by atoms with Crippen molar-refractivity contribution in [2.24, 2.45) is 0 Å². The molecule has 1 aliphatic rings. The Morgan fingerprint density at radius 3 is 2.52 bits per heavy atom. The molecule has 132 valence electrons. The Bertz CT molecular complexity index is 798. The van der Waals surface area contributed by atoms with E-state index in [9.17, 15) is 9.59 Å². The molecule has 2 aromatic rings. The summed E-state index contributed by atoms with van der Waals surface area (Å²) in [6.07, 6.45) is -0.0674. The third kappa shape index (κ3) is 3.22. The van der Waals surface area contributed by atoms with Crippen molar-refractivity contribution in [3.05, 3.63) is 47.3 Å². The van der Waals surface area contributed by atoms with E-state index >= 15 is 0 Å². The zero-order valence-electron chi connectivity index (χ0n) is 15.0. The number of morpholine rings is 1. The van der Waals surface area contributed by atoms with Crippen molar-refractivity contribution in [3.8, 4) is 5.69 Å². The number of aromatic nitrogens is 2. The molecule has 0 saturated carbocycles. The molecular formula is C19H23N3O3. The van der Waals surface area contributed by atoms with Gasteiger partial charge in [-0.25, -0.2) is 4.68 Å². The molecule has 3 rings (SSSR count). The van der Waals surface area contributed by atoms with Gasteiger partial charge in [0.2, 0.25) is 0 Å². The number of hydrogen-bond acceptors (Lipinski definition) is 4. The molecule has 6 nitrogen and oxygen atoms in total. The first-order valence-electron chi connectivity index (χ1n) is 8.48. The van der Waals surface area contributed by atoms with E-state index in [1.807, 2.05) is 51.1 Å². The van der Waals surface area contributed by atoms with Crippen molar-refractivity contribution < 1.29 is 14.3 Å². The van der Waals surface area contributed by atoms with Crippen LogP contribution in [-0.2, 0) is 9.53 Å². The molecule has 6 heteroatoms. The highest BCUT2D eigenvalue weighted by atomic mass is 16.5. The van der Waals surface area contributed by atoms with Gasteiger partial charge in [0.15, 0.2) is 0 Å². The summed E-state index contributed by atoms with van der Waals surface area (Å²) in [7, 11) is 0. The molecule has 2 unspecified atom stereocenters. The van der Waals surface area contributed by atoms with Gasteiger partial charge in [-0.15, -0.1) is 0 Å². The van der Waals surface area contributed by atoms with Crippen LogP contribution >= 0.6 is 0 Å². The molecular weight excluding hydrogens is 318 g/mol. The monoisotopic (exact) mass is 341 g/mol. The van der Waals surface area contributed by atoms with Crippen LogP contribution in [-0.4, -0.2) is 51.7 Å². The number of carbonyl (C=O) groups is 2. The van der Waals surface area contributed by atoms with Gasteiger partial charge in [-0.1, -0.05) is 18.2 Å². The van der Waals surface area contributed by atoms with Crippen molar-refractivity contribution in [1.29, 1.82) is 0 Å². The molecule has 0 aliphatic carbocycles. The largest absolute Gasteiger partial charge is 0.375 e. The van der Waals surface area contributed by atoms with Crippen molar-refractivity contribution >= 4 is 11.7 Å². The summed E-state index contributed by atoms with van der Waals surface area (Å²) < 4.78 is 7.25. The fraction of sp³-hybridized carbons (Fsp3) is 0.421. The lowest BCUT2D eigenvalue weighted by molar-refractivity contribution is -0.138. The summed E-state index contributed by atoms with van der Waals surface area (Å²) in [4.78, 5) is 27.3. The molecule has 2 atom stereocenters. The summed E-state index contributed by atoms with van der Waals surface area (Å²) in [6, 6.07) is 9.47. The van der Waals surface area contributed by atoms with E-state index in [0.29, 0.717) is 30.1 Å². The fourth-order valence-corrected chi connectivity index (χ4v) is 3.22. The van der Waals surface area contributed by atoms with E-state index in [2.05, 4.69) is 5.10 Å². The quantitative estimate of drug-likeness (QED) is 0.635. The molecule has 0 bridgehead atoms. The smallest absolute Gasteiger partial charge is 0.295 e. The Balaban J connectivity index is 1.92. The molecule has 1 fully saturated rings. The topological polar surface area (TPSA) is 64.4 Å². The van der Waals surface area contributed by atoms with Crippen LogP contribution in [0.1, 0.15) is 35.6 Å². The van der Waals surface area contributed by atoms with Gasteiger partial charge in [0.1, 0.15) is 0 Å². The van der Waals surface area contributed by atoms with Gasteiger partial charge in [0.05, 0.1) is 41.4 Å². The van der Waals surface area contributed by atoms with Gasteiger partial charge >= 0.3 is 0 Å². The van der Waals surface area contributed by atoms with Gasteiger partial charge in [-0.3, -0.25) is 9.59 Å². The van der Waals surface area contributed by atoms with Crippen LogP contribution in [0.5, 0.6) is 0 Å². The Morgan fingerprint density at radius 2 is 1.84 bits per heavy atom. The number of amides is 1. The number of Topliss-reactive ketones (excluding diaryl/α,β-unsaturated/α-hetero) is 1. The molecule has 1 saturated heterocycles. The predicted molar refractivity (Wildman–Crippen MR) is 94.0 cm³/mol. The first-order chi connectivity index (χ1) is 11.9. The number of rotatable bonds is 3. The highest BCUT2D eigenvalue weighted by Gasteiger charge is 2.34. The summed E-state index contributed by atoms with van der Waals surface area (Å²) in [5, 5.41) is 4.46. The second-order valence-corrected chi connectivity index (χ2v) is 6.57. The van der Waals surface area contributed by atoms with Crippen LogP contribution in [0, 0.1) is 13.8 Å². The lowest BCUT2D eigenvalue weighted by atomic mass is 10.1. The number of carbonyl (C=O) groups excluding carboxylic acids is 2. The highest BCUT2D eigenvalue weighted by Crippen LogP contribution is 2.20. The molecule has 1 aromatic carbocycles. The lowest BCUT2D eigenvalue weighted by Crippen LogP contribution is -2.52. The second kappa shape index (κ2) is 6.80. The maximum Gasteiger partial charge on any atom is 0.295 e. The summed E-state index contributed by atoms with van der Waals surface area (Å²) in [5.74, 6) is -0.986. The van der Waals surface area contributed by atoms with Crippen LogP contribution in [0.4, 0.5) is 0 Å². The third-order valence-corrected chi connectivity index (χ3v) is 4.58. The normalized spacial score (nSPS) is 20.6. The number of hydrogen-bond donors (Lipinski definition) is 0. The van der Waals surface area contributed by atoms with Crippen molar-refractivity contribution in [2.45, 2.75) is 39.8 Å². The van der Waals surface area contributed by atoms with Crippen molar-refractivity contribution in [2.75, 3.05) is 13.2 Å². The maximum absolute atomic E-state index is 12.9. The molecule has 1 amide bonds. The molecule has 0 spiro atoms. The zero-order valence-corrected chi connectivity index (χ0v) is 15.0. The average molecular weight is 341 g/mol. The van der Waals surface area contributed by atoms with Gasteiger partial charge in [0.25, 0.3) is 11.7 Å². The lowest BCUT2D eigenvalue weighted by Gasteiger charge is -2.36. The first kappa shape index (κ1) is 17.4. The second-order valence-electron chi connectivity index (χ2n) is 6.57. The minimum atomic E-state index is -0.502. The van der Waals surface area contributed by atoms with Gasteiger partial charge in [0, 0.05) is 6.54 Å². The Kier molecular flexibility index (Phi) is 4.72. The Hall–Kier alpha value is -2.47. The zero-order chi connectivity index (χ0) is 18.1. The molecule has 1 aliphatic heterocycles. The molecule has 1 aromatic heterocycles. The Morgan fingerprint density at radius 1 is 1.16 bits per heavy atom. The number of benzene rings is 1. The SMILES string of the molecule is Cc1nn(-c2ccccc2)c(C)c1C(=O)C(=O)N1CC(C)OCC1C. The van der Waals surface area contributed by atoms with E-state index in [1.54, 1.807) is 16.5 Å². The fourth-order valence-electron chi connectivity index (χ4n) is 3.22. The van der Waals surface area contributed by atoms with Crippen molar-refractivity contribution in [1.82, 2.24) is 14.7 Å². The maximum atomic E-state index is 12.9. The Labute approximate surface area is 147 Å². The van der Waals surface area contributed by atoms with E-state index < -0.39 is 11.7 Å². The number of ether oxygens (including phenoxy) is 1. The highest BCUT2D eigenvalue weighted by molar-refractivity contribution is 6.43. The number of aryl methyl sites for hydroxylation is 1. The number of nitrogens with zero attached hydrogens (tertiary/aromatic N) is 3. The van der Waals surface area contributed by atoms with Crippen molar-refractivity contribution in [3.63, 3.8) is 0 Å². The van der Waals surface area contributed by atoms with Crippen LogP contribution in [0.3, 0.4) is 0 Å². The molecule has 0 radical (unpaired) electrons. The van der Waals surface area contributed by atoms with E-state index in [4.69, 9.17) is 4.74 Å². The number of ketones is 1. The van der Waals surface area contributed by atoms with Gasteiger partial charge in [-0.2, -0.15) is 5.10 Å². The van der Waals surface area contributed by atoms with Crippen LogP contribution in [0.25, 0.3) is 5.69 Å². The molecule has 2 heterocycles. The predicted octanol–water partition coefficient (Wildman–Crippen LogP) is 2.31. The van der Waals surface area contributed by atoms with E-state index in [-0.39, 0.29) is 12.1 Å². The van der Waals surface area contributed by atoms with Crippen LogP contribution in [0.2, 0.25) is 0 Å². The molecule has 0 N–H and O–H groups in total. The molecule has 25 heavy (non-hydrogen) atoms. The number of para-hydroxylation sites is 1. The van der Waals surface area contributed by atoms with Gasteiger partial charge < -0.3 is 9.64 Å². The standard InChI is InChI=1S/C19H23N3O3/c1-12-11-25-13(2)10-21(12)19(24)18(23)17-14(3)20-22(15(17)4)16-8-6-5-7-9-16/h5-9,12-13H,10-11H2,1-4H3. The summed E-state index contributed by atoms with van der Waals surface area (Å²) in [5.41, 5.74) is 2.49. The minimum Gasteiger partial charge on any atom is -0.375 e. The summed E-state index contributed by atoms with van der Waals surface area (Å²) in [6.45, 7) is 8.25.